The van der Waals surface area contributed by atoms with Crippen LogP contribution in [0.25, 0.3) is 11.0 Å². The van der Waals surface area contributed by atoms with E-state index in [0.29, 0.717) is 30.5 Å². The van der Waals surface area contributed by atoms with E-state index in [-0.39, 0.29) is 11.8 Å². The van der Waals surface area contributed by atoms with Crippen molar-refractivity contribution in [1.82, 2.24) is 9.55 Å². The number of carbonyl (C=O) groups excluding carboxylic acids is 1. The summed E-state index contributed by atoms with van der Waals surface area (Å²) in [7, 11) is 0. The van der Waals surface area contributed by atoms with Crippen molar-refractivity contribution in [2.24, 2.45) is 0 Å². The fourth-order valence-electron chi connectivity index (χ4n) is 5.19. The smallest absolute Gasteiger partial charge is 0.227 e. The van der Waals surface area contributed by atoms with Crippen LogP contribution in [0.4, 0.5) is 5.69 Å². The minimum absolute atomic E-state index is 0.0502. The van der Waals surface area contributed by atoms with Gasteiger partial charge in [-0.1, -0.05) is 55.8 Å². The summed E-state index contributed by atoms with van der Waals surface area (Å²) < 4.78 is 8.51. The molecule has 0 spiro atoms. The number of unbranched alkanes of at least 4 members (excludes halogenated alkanes) is 1. The highest BCUT2D eigenvalue weighted by molar-refractivity contribution is 6.30. The van der Waals surface area contributed by atoms with E-state index in [4.69, 9.17) is 21.3 Å². The molecule has 1 aliphatic heterocycles. The molecule has 1 aromatic heterocycles. The molecule has 3 aromatic carbocycles. The number of para-hydroxylation sites is 3. The van der Waals surface area contributed by atoms with Gasteiger partial charge in [0.15, 0.2) is 0 Å². The molecular formula is C31H34ClN3O2. The second-order valence-corrected chi connectivity index (χ2v) is 10.3. The molecule has 1 aliphatic rings. The number of amides is 1. The van der Waals surface area contributed by atoms with Crippen molar-refractivity contribution in [1.29, 1.82) is 0 Å². The Morgan fingerprint density at radius 3 is 2.59 bits per heavy atom. The van der Waals surface area contributed by atoms with Gasteiger partial charge in [0.25, 0.3) is 0 Å². The van der Waals surface area contributed by atoms with Crippen LogP contribution in [0.5, 0.6) is 5.75 Å². The maximum absolute atomic E-state index is 12.9. The molecular weight excluding hydrogens is 482 g/mol. The maximum Gasteiger partial charge on any atom is 0.227 e. The molecule has 5 rings (SSSR count). The first-order valence-corrected chi connectivity index (χ1v) is 13.7. The van der Waals surface area contributed by atoms with Crippen molar-refractivity contribution in [2.75, 3.05) is 18.1 Å². The van der Waals surface area contributed by atoms with E-state index in [1.54, 1.807) is 0 Å². The van der Waals surface area contributed by atoms with Crippen LogP contribution in [0, 0.1) is 0 Å². The standard InChI is InChI=1S/C31H34ClN3O2/c1-3-22(2)26-10-4-7-13-29(26)37-19-9-8-18-34-28-12-6-5-11-27(28)33-31(34)23-20-30(36)35(21-23)25-16-14-24(32)15-17-25/h4-7,10-17,22-23H,3,8-9,18-21H2,1-2H3. The number of halogens is 1. The van der Waals surface area contributed by atoms with Gasteiger partial charge in [0.2, 0.25) is 5.91 Å². The monoisotopic (exact) mass is 515 g/mol. The van der Waals surface area contributed by atoms with E-state index < -0.39 is 0 Å². The van der Waals surface area contributed by atoms with Gasteiger partial charge in [-0.2, -0.15) is 0 Å². The van der Waals surface area contributed by atoms with Crippen molar-refractivity contribution < 1.29 is 9.53 Å². The van der Waals surface area contributed by atoms with Gasteiger partial charge in [-0.25, -0.2) is 4.98 Å². The molecule has 1 fully saturated rings. The molecule has 0 saturated carbocycles. The Hall–Kier alpha value is -3.31. The Kier molecular flexibility index (Phi) is 7.80. The molecule has 4 aromatic rings. The van der Waals surface area contributed by atoms with E-state index in [2.05, 4.69) is 54.8 Å². The highest BCUT2D eigenvalue weighted by Gasteiger charge is 2.34. The normalized spacial score (nSPS) is 16.5. The van der Waals surface area contributed by atoms with Gasteiger partial charge < -0.3 is 14.2 Å². The van der Waals surface area contributed by atoms with Gasteiger partial charge >= 0.3 is 0 Å². The summed E-state index contributed by atoms with van der Waals surface area (Å²) in [4.78, 5) is 19.8. The highest BCUT2D eigenvalue weighted by atomic mass is 35.5. The van der Waals surface area contributed by atoms with Gasteiger partial charge in [-0.05, 0) is 73.2 Å². The highest BCUT2D eigenvalue weighted by Crippen LogP contribution is 2.34. The molecule has 0 aliphatic carbocycles. The number of hydrogen-bond donors (Lipinski definition) is 0. The average Bonchev–Trinajstić information content (AvgIpc) is 3.49. The van der Waals surface area contributed by atoms with Crippen LogP contribution < -0.4 is 9.64 Å². The fraction of sp³-hybridized carbons (Fsp3) is 0.355. The zero-order chi connectivity index (χ0) is 25.8. The van der Waals surface area contributed by atoms with Crippen molar-refractivity contribution in [3.63, 3.8) is 0 Å². The number of rotatable bonds is 10. The Bertz CT molecular complexity index is 1360. The zero-order valence-electron chi connectivity index (χ0n) is 21.6. The Labute approximate surface area is 224 Å². The van der Waals surface area contributed by atoms with E-state index in [1.165, 1.54) is 5.56 Å². The number of anilines is 1. The van der Waals surface area contributed by atoms with Crippen LogP contribution in [0.15, 0.2) is 72.8 Å². The summed E-state index contributed by atoms with van der Waals surface area (Å²) in [6.07, 6.45) is 3.47. The predicted molar refractivity (Wildman–Crippen MR) is 151 cm³/mol. The molecule has 0 radical (unpaired) electrons. The summed E-state index contributed by atoms with van der Waals surface area (Å²) in [6, 6.07) is 24.1. The van der Waals surface area contributed by atoms with E-state index in [0.717, 1.165) is 54.1 Å². The second-order valence-electron chi connectivity index (χ2n) is 9.89. The van der Waals surface area contributed by atoms with Crippen molar-refractivity contribution in [2.45, 2.75) is 57.9 Å². The van der Waals surface area contributed by atoms with E-state index in [1.807, 2.05) is 41.3 Å². The molecule has 2 heterocycles. The molecule has 2 unspecified atom stereocenters. The number of ether oxygens (including phenoxy) is 1. The van der Waals surface area contributed by atoms with Crippen LogP contribution in [0.3, 0.4) is 0 Å². The molecule has 6 heteroatoms. The molecule has 1 amide bonds. The van der Waals surface area contributed by atoms with Gasteiger partial charge in [0, 0.05) is 36.1 Å². The lowest BCUT2D eigenvalue weighted by atomic mass is 9.98. The first-order valence-electron chi connectivity index (χ1n) is 13.3. The quantitative estimate of drug-likeness (QED) is 0.204. The van der Waals surface area contributed by atoms with Crippen LogP contribution >= 0.6 is 11.6 Å². The molecule has 37 heavy (non-hydrogen) atoms. The minimum atomic E-state index is 0.0502. The van der Waals surface area contributed by atoms with Gasteiger partial charge in [-0.3, -0.25) is 4.79 Å². The third-order valence-corrected chi connectivity index (χ3v) is 7.66. The first-order chi connectivity index (χ1) is 18.0. The Balaban J connectivity index is 1.27. The summed E-state index contributed by atoms with van der Waals surface area (Å²) in [5.41, 5.74) is 4.27. The summed E-state index contributed by atoms with van der Waals surface area (Å²) in [5, 5.41) is 0.668. The maximum atomic E-state index is 12.9. The summed E-state index contributed by atoms with van der Waals surface area (Å²) in [6.45, 7) is 6.61. The van der Waals surface area contributed by atoms with Crippen LogP contribution in [0.2, 0.25) is 5.02 Å². The SMILES string of the molecule is CCC(C)c1ccccc1OCCCCn1c(C2CC(=O)N(c3ccc(Cl)cc3)C2)nc2ccccc21. The molecule has 1 saturated heterocycles. The van der Waals surface area contributed by atoms with Crippen LogP contribution in [0.1, 0.15) is 62.8 Å². The van der Waals surface area contributed by atoms with Gasteiger partial charge in [0.05, 0.1) is 17.6 Å². The third-order valence-electron chi connectivity index (χ3n) is 7.41. The zero-order valence-corrected chi connectivity index (χ0v) is 22.3. The number of benzene rings is 3. The van der Waals surface area contributed by atoms with Crippen LogP contribution in [-0.2, 0) is 11.3 Å². The lowest BCUT2D eigenvalue weighted by Gasteiger charge is -2.18. The summed E-state index contributed by atoms with van der Waals surface area (Å²) >= 11 is 6.05. The number of hydrogen-bond acceptors (Lipinski definition) is 3. The molecule has 0 bridgehead atoms. The lowest BCUT2D eigenvalue weighted by Crippen LogP contribution is -2.24. The number of carbonyl (C=O) groups is 1. The van der Waals surface area contributed by atoms with E-state index in [9.17, 15) is 4.79 Å². The first kappa shape index (κ1) is 25.3. The second kappa shape index (κ2) is 11.4. The molecule has 0 N–H and O–H groups in total. The predicted octanol–water partition coefficient (Wildman–Crippen LogP) is 7.58. The lowest BCUT2D eigenvalue weighted by molar-refractivity contribution is -0.117. The molecule has 192 valence electrons. The van der Waals surface area contributed by atoms with Gasteiger partial charge in [-0.15, -0.1) is 0 Å². The Morgan fingerprint density at radius 2 is 1.78 bits per heavy atom. The van der Waals surface area contributed by atoms with Crippen molar-refractivity contribution >= 4 is 34.2 Å². The van der Waals surface area contributed by atoms with Crippen molar-refractivity contribution in [3.8, 4) is 5.75 Å². The van der Waals surface area contributed by atoms with Crippen molar-refractivity contribution in [3.05, 3.63) is 89.2 Å². The molecule has 5 nitrogen and oxygen atoms in total. The molecule has 2 atom stereocenters. The van der Waals surface area contributed by atoms with E-state index >= 15 is 0 Å². The fourth-order valence-corrected chi connectivity index (χ4v) is 5.31. The van der Waals surface area contributed by atoms with Crippen LogP contribution in [-0.4, -0.2) is 28.6 Å². The number of aromatic nitrogens is 2. The number of nitrogens with zero attached hydrogens (tertiary/aromatic N) is 3. The number of fused-ring (bicyclic) bond motifs is 1. The number of aryl methyl sites for hydroxylation is 1. The Morgan fingerprint density at radius 1 is 1.03 bits per heavy atom. The summed E-state index contributed by atoms with van der Waals surface area (Å²) in [5.74, 6) is 2.65. The minimum Gasteiger partial charge on any atom is -0.493 e. The largest absolute Gasteiger partial charge is 0.493 e. The van der Waals surface area contributed by atoms with Gasteiger partial charge in [0.1, 0.15) is 11.6 Å². The topological polar surface area (TPSA) is 47.4 Å². The average molecular weight is 516 g/mol. The third kappa shape index (κ3) is 5.52. The number of imidazole rings is 1.